The fourth-order valence-electron chi connectivity index (χ4n) is 2.68. The highest BCUT2D eigenvalue weighted by atomic mass is 32.2. The zero-order valence-corrected chi connectivity index (χ0v) is 14.3. The van der Waals surface area contributed by atoms with Crippen molar-refractivity contribution < 1.29 is 13.2 Å². The summed E-state index contributed by atoms with van der Waals surface area (Å²) in [5.74, 6) is 0.330. The lowest BCUT2D eigenvalue weighted by molar-refractivity contribution is 0.00776. The van der Waals surface area contributed by atoms with E-state index in [9.17, 15) is 8.42 Å². The van der Waals surface area contributed by atoms with E-state index in [1.807, 2.05) is 6.07 Å². The van der Waals surface area contributed by atoms with Gasteiger partial charge in [0, 0.05) is 25.7 Å². The lowest BCUT2D eigenvalue weighted by Gasteiger charge is -2.36. The molecular formula is C16H23N3O3S. The van der Waals surface area contributed by atoms with Gasteiger partial charge < -0.3 is 4.74 Å². The summed E-state index contributed by atoms with van der Waals surface area (Å²) >= 11 is 0. The molecule has 0 bridgehead atoms. The van der Waals surface area contributed by atoms with Gasteiger partial charge in [-0.05, 0) is 30.2 Å². The van der Waals surface area contributed by atoms with Gasteiger partial charge in [0.25, 0.3) is 0 Å². The molecule has 1 saturated heterocycles. The molecule has 0 amide bonds. The maximum absolute atomic E-state index is 12.4. The number of hydrogen-bond donors (Lipinski definition) is 1. The number of morpholine rings is 1. The summed E-state index contributed by atoms with van der Waals surface area (Å²) in [6, 6.07) is 8.05. The predicted molar refractivity (Wildman–Crippen MR) is 87.4 cm³/mol. The van der Waals surface area contributed by atoms with Gasteiger partial charge in [-0.1, -0.05) is 13.8 Å². The van der Waals surface area contributed by atoms with E-state index in [0.29, 0.717) is 31.2 Å². The molecule has 1 aromatic carbocycles. The van der Waals surface area contributed by atoms with Gasteiger partial charge in [0.05, 0.1) is 29.7 Å². The molecule has 1 aromatic rings. The van der Waals surface area contributed by atoms with Crippen molar-refractivity contribution in [3.8, 4) is 6.07 Å². The number of nitrogens with zero attached hydrogens (tertiary/aromatic N) is 2. The van der Waals surface area contributed by atoms with Crippen molar-refractivity contribution in [2.45, 2.75) is 24.8 Å². The van der Waals surface area contributed by atoms with Crippen molar-refractivity contribution in [1.82, 2.24) is 9.62 Å². The number of nitriles is 1. The van der Waals surface area contributed by atoms with Gasteiger partial charge in [0.15, 0.2) is 0 Å². The lowest BCUT2D eigenvalue weighted by atomic mass is 10.0. The smallest absolute Gasteiger partial charge is 0.240 e. The lowest BCUT2D eigenvalue weighted by Crippen LogP contribution is -2.51. The Kier molecular flexibility index (Phi) is 6.13. The first kappa shape index (κ1) is 17.9. The van der Waals surface area contributed by atoms with Crippen molar-refractivity contribution in [3.63, 3.8) is 0 Å². The first-order valence-electron chi connectivity index (χ1n) is 7.75. The van der Waals surface area contributed by atoms with Crippen molar-refractivity contribution >= 4 is 10.0 Å². The minimum Gasteiger partial charge on any atom is -0.379 e. The summed E-state index contributed by atoms with van der Waals surface area (Å²) in [6.45, 7) is 7.56. The van der Waals surface area contributed by atoms with Crippen LogP contribution in [0.1, 0.15) is 19.4 Å². The Morgan fingerprint density at radius 2 is 1.87 bits per heavy atom. The van der Waals surface area contributed by atoms with Crippen molar-refractivity contribution in [3.05, 3.63) is 29.8 Å². The Morgan fingerprint density at radius 1 is 1.26 bits per heavy atom. The van der Waals surface area contributed by atoms with E-state index < -0.39 is 10.0 Å². The minimum absolute atomic E-state index is 0.132. The first-order valence-corrected chi connectivity index (χ1v) is 9.24. The van der Waals surface area contributed by atoms with E-state index in [1.165, 1.54) is 24.3 Å². The van der Waals surface area contributed by atoms with Gasteiger partial charge in [0.1, 0.15) is 0 Å². The second-order valence-corrected chi connectivity index (χ2v) is 7.71. The Bertz CT molecular complexity index is 644. The van der Waals surface area contributed by atoms with Gasteiger partial charge >= 0.3 is 0 Å². The third-order valence-corrected chi connectivity index (χ3v) is 5.50. The molecule has 126 valence electrons. The van der Waals surface area contributed by atoms with E-state index in [0.717, 1.165) is 13.1 Å². The van der Waals surface area contributed by atoms with E-state index >= 15 is 0 Å². The molecule has 1 aliphatic rings. The molecule has 0 radical (unpaired) electrons. The number of sulfonamides is 1. The van der Waals surface area contributed by atoms with Crippen LogP contribution in [0.4, 0.5) is 0 Å². The highest BCUT2D eigenvalue weighted by molar-refractivity contribution is 7.89. The second-order valence-electron chi connectivity index (χ2n) is 5.95. The summed E-state index contributed by atoms with van der Waals surface area (Å²) in [6.07, 6.45) is 0. The van der Waals surface area contributed by atoms with Crippen LogP contribution in [0.5, 0.6) is 0 Å². The maximum atomic E-state index is 12.4. The van der Waals surface area contributed by atoms with Crippen LogP contribution >= 0.6 is 0 Å². The Labute approximate surface area is 138 Å². The topological polar surface area (TPSA) is 82.4 Å². The fraction of sp³-hybridized carbons (Fsp3) is 0.562. The van der Waals surface area contributed by atoms with Crippen LogP contribution in [0.15, 0.2) is 29.2 Å². The summed E-state index contributed by atoms with van der Waals surface area (Å²) in [5, 5.41) is 8.78. The Morgan fingerprint density at radius 3 is 2.39 bits per heavy atom. The van der Waals surface area contributed by atoms with Crippen LogP contribution < -0.4 is 4.72 Å². The molecule has 7 heteroatoms. The van der Waals surface area contributed by atoms with Crippen LogP contribution in [-0.2, 0) is 14.8 Å². The zero-order valence-electron chi connectivity index (χ0n) is 13.5. The van der Waals surface area contributed by atoms with Gasteiger partial charge in [-0.25, -0.2) is 13.1 Å². The fourth-order valence-corrected chi connectivity index (χ4v) is 3.73. The Balaban J connectivity index is 2.04. The molecule has 1 N–H and O–H groups in total. The third kappa shape index (κ3) is 4.75. The molecule has 0 aromatic heterocycles. The van der Waals surface area contributed by atoms with Crippen LogP contribution in [0.25, 0.3) is 0 Å². The molecule has 6 nitrogen and oxygen atoms in total. The molecule has 23 heavy (non-hydrogen) atoms. The standard InChI is InChI=1S/C16H23N3O3S/c1-13(2)16(19-7-9-22-10-8-19)12-18-23(20,21)15-5-3-14(11-17)4-6-15/h3-6,13,16,18H,7-10,12H2,1-2H3/t16-/m0/s1. The Hall–Kier alpha value is -1.46. The van der Waals surface area contributed by atoms with Crippen LogP contribution in [0.2, 0.25) is 0 Å². The summed E-state index contributed by atoms with van der Waals surface area (Å²) in [4.78, 5) is 2.45. The molecule has 1 fully saturated rings. The van der Waals surface area contributed by atoms with Gasteiger partial charge in [-0.2, -0.15) is 5.26 Å². The largest absolute Gasteiger partial charge is 0.379 e. The highest BCUT2D eigenvalue weighted by Gasteiger charge is 2.25. The molecule has 1 aliphatic heterocycles. The molecule has 0 unspecified atom stereocenters. The van der Waals surface area contributed by atoms with Gasteiger partial charge in [0.2, 0.25) is 10.0 Å². The highest BCUT2D eigenvalue weighted by Crippen LogP contribution is 2.14. The number of rotatable bonds is 6. The van der Waals surface area contributed by atoms with Crippen molar-refractivity contribution in [2.24, 2.45) is 5.92 Å². The maximum Gasteiger partial charge on any atom is 0.240 e. The molecular weight excluding hydrogens is 314 g/mol. The van der Waals surface area contributed by atoms with Gasteiger partial charge in [-0.15, -0.1) is 0 Å². The molecule has 0 saturated carbocycles. The summed E-state index contributed by atoms with van der Waals surface area (Å²) in [7, 11) is -3.57. The second kappa shape index (κ2) is 7.88. The quantitative estimate of drug-likeness (QED) is 0.843. The molecule has 1 heterocycles. The number of hydrogen-bond acceptors (Lipinski definition) is 5. The van der Waals surface area contributed by atoms with Crippen LogP contribution in [-0.4, -0.2) is 52.2 Å². The number of nitrogens with one attached hydrogen (secondary N) is 1. The van der Waals surface area contributed by atoms with Crippen LogP contribution in [0, 0.1) is 17.2 Å². The van der Waals surface area contributed by atoms with E-state index in [-0.39, 0.29) is 10.9 Å². The van der Waals surface area contributed by atoms with Crippen molar-refractivity contribution in [1.29, 1.82) is 5.26 Å². The van der Waals surface area contributed by atoms with E-state index in [1.54, 1.807) is 0 Å². The normalized spacial score (nSPS) is 17.8. The molecule has 0 spiro atoms. The van der Waals surface area contributed by atoms with E-state index in [4.69, 9.17) is 10.00 Å². The van der Waals surface area contributed by atoms with Crippen LogP contribution in [0.3, 0.4) is 0 Å². The SMILES string of the molecule is CC(C)[C@H](CNS(=O)(=O)c1ccc(C#N)cc1)N1CCOCC1. The first-order chi connectivity index (χ1) is 10.9. The minimum atomic E-state index is -3.57. The monoisotopic (exact) mass is 337 g/mol. The molecule has 2 rings (SSSR count). The third-order valence-electron chi connectivity index (χ3n) is 4.06. The average molecular weight is 337 g/mol. The number of ether oxygens (including phenoxy) is 1. The number of benzene rings is 1. The predicted octanol–water partition coefficient (Wildman–Crippen LogP) is 1.19. The average Bonchev–Trinajstić information content (AvgIpc) is 2.55. The summed E-state index contributed by atoms with van der Waals surface area (Å²) in [5.41, 5.74) is 0.442. The molecule has 1 atom stereocenters. The van der Waals surface area contributed by atoms with Gasteiger partial charge in [-0.3, -0.25) is 4.90 Å². The van der Waals surface area contributed by atoms with Crippen molar-refractivity contribution in [2.75, 3.05) is 32.8 Å². The molecule has 0 aliphatic carbocycles. The zero-order chi connectivity index (χ0) is 16.9. The summed E-state index contributed by atoms with van der Waals surface area (Å²) < 4.78 is 32.9. The van der Waals surface area contributed by atoms with E-state index in [2.05, 4.69) is 23.5 Å².